The van der Waals surface area contributed by atoms with E-state index in [1.54, 1.807) is 10.9 Å². The molecule has 4 aliphatic rings. The molecular formula is C17H23N5O2S2. The summed E-state index contributed by atoms with van der Waals surface area (Å²) in [5.41, 5.74) is -0.582. The highest BCUT2D eigenvalue weighted by atomic mass is 32.2. The molecule has 0 saturated heterocycles. The Balaban J connectivity index is 1.52. The Labute approximate surface area is 157 Å². The first-order valence-electron chi connectivity index (χ1n) is 9.14. The van der Waals surface area contributed by atoms with Gasteiger partial charge in [-0.3, -0.25) is 0 Å². The molecule has 4 aliphatic carbocycles. The zero-order valence-corrected chi connectivity index (χ0v) is 16.6. The Morgan fingerprint density at radius 3 is 2.54 bits per heavy atom. The van der Waals surface area contributed by atoms with Gasteiger partial charge in [0.2, 0.25) is 10.0 Å². The van der Waals surface area contributed by atoms with E-state index in [1.807, 2.05) is 13.8 Å². The van der Waals surface area contributed by atoms with Crippen molar-refractivity contribution in [3.8, 4) is 0 Å². The second-order valence-corrected chi connectivity index (χ2v) is 11.7. The van der Waals surface area contributed by atoms with Crippen molar-refractivity contribution >= 4 is 21.4 Å². The summed E-state index contributed by atoms with van der Waals surface area (Å²) in [6.07, 6.45) is 7.32. The molecule has 0 amide bonds. The molecule has 2 unspecified atom stereocenters. The number of thiophene rings is 1. The van der Waals surface area contributed by atoms with E-state index in [0.29, 0.717) is 16.7 Å². The second kappa shape index (κ2) is 5.36. The Bertz CT molecular complexity index is 936. The van der Waals surface area contributed by atoms with E-state index in [2.05, 4.69) is 20.1 Å². The van der Waals surface area contributed by atoms with Gasteiger partial charge in [-0.15, -0.1) is 21.5 Å². The zero-order valence-electron chi connectivity index (χ0n) is 15.0. The number of aryl methyl sites for hydroxylation is 2. The maximum Gasteiger partial charge on any atom is 0.242 e. The molecule has 4 bridgehead atoms. The van der Waals surface area contributed by atoms with Gasteiger partial charge in [-0.1, -0.05) is 0 Å². The average Bonchev–Trinajstić information content (AvgIpc) is 3.14. The van der Waals surface area contributed by atoms with Crippen LogP contribution in [0, 0.1) is 25.7 Å². The third-order valence-electron chi connectivity index (χ3n) is 6.44. The van der Waals surface area contributed by atoms with Crippen LogP contribution in [-0.4, -0.2) is 34.2 Å². The minimum Gasteiger partial charge on any atom is -0.207 e. The van der Waals surface area contributed by atoms with E-state index in [1.165, 1.54) is 24.1 Å². The molecule has 2 atom stereocenters. The minimum absolute atomic E-state index is 0.192. The zero-order chi connectivity index (χ0) is 18.2. The number of aromatic nitrogens is 4. The third kappa shape index (κ3) is 2.47. The van der Waals surface area contributed by atoms with Crippen LogP contribution in [0.5, 0.6) is 0 Å². The van der Waals surface area contributed by atoms with Crippen molar-refractivity contribution in [2.24, 2.45) is 11.8 Å². The standard InChI is InChI=1S/C17H23N5O2S2/c1-11-3-15(12(2)25-11)26(23,24)20-16-5-13-4-14(6-16)8-17(7-13,9-16)22-19-10-18-21-22/h3,10,13-14,20H,4-9H2,1-2H3. The van der Waals surface area contributed by atoms with E-state index >= 15 is 0 Å². The number of nitrogens with one attached hydrogen (secondary N) is 1. The molecule has 7 nitrogen and oxygen atoms in total. The van der Waals surface area contributed by atoms with Crippen molar-refractivity contribution in [3.05, 3.63) is 22.1 Å². The molecule has 4 fully saturated rings. The number of tetrazole rings is 1. The molecule has 26 heavy (non-hydrogen) atoms. The Morgan fingerprint density at radius 2 is 1.96 bits per heavy atom. The largest absolute Gasteiger partial charge is 0.242 e. The smallest absolute Gasteiger partial charge is 0.207 e. The molecule has 0 spiro atoms. The lowest BCUT2D eigenvalue weighted by molar-refractivity contribution is -0.0768. The number of hydrogen-bond donors (Lipinski definition) is 1. The summed E-state index contributed by atoms with van der Waals surface area (Å²) in [6, 6.07) is 1.79. The summed E-state index contributed by atoms with van der Waals surface area (Å²) in [5, 5.41) is 12.4. The summed E-state index contributed by atoms with van der Waals surface area (Å²) in [5.74, 6) is 1.05. The molecule has 0 aliphatic heterocycles. The van der Waals surface area contributed by atoms with Crippen molar-refractivity contribution < 1.29 is 8.42 Å². The number of rotatable bonds is 4. The van der Waals surface area contributed by atoms with Gasteiger partial charge in [-0.2, -0.15) is 4.80 Å². The lowest BCUT2D eigenvalue weighted by Gasteiger charge is -2.61. The predicted octanol–water partition coefficient (Wildman–Crippen LogP) is 2.38. The van der Waals surface area contributed by atoms with Crippen LogP contribution in [0.25, 0.3) is 0 Å². The van der Waals surface area contributed by atoms with Crippen LogP contribution in [0.4, 0.5) is 0 Å². The Morgan fingerprint density at radius 1 is 1.23 bits per heavy atom. The molecule has 1 N–H and O–H groups in total. The summed E-state index contributed by atoms with van der Waals surface area (Å²) in [7, 11) is -3.53. The maximum absolute atomic E-state index is 13.2. The van der Waals surface area contributed by atoms with Crippen LogP contribution in [0.3, 0.4) is 0 Å². The monoisotopic (exact) mass is 393 g/mol. The molecule has 6 rings (SSSR count). The maximum atomic E-state index is 13.2. The molecule has 0 radical (unpaired) electrons. The van der Waals surface area contributed by atoms with Gasteiger partial charge in [-0.05, 0) is 75.5 Å². The van der Waals surface area contributed by atoms with Crippen LogP contribution in [-0.2, 0) is 15.6 Å². The van der Waals surface area contributed by atoms with Gasteiger partial charge in [0, 0.05) is 15.3 Å². The van der Waals surface area contributed by atoms with Gasteiger partial charge in [0.25, 0.3) is 0 Å². The van der Waals surface area contributed by atoms with Crippen LogP contribution in [0.2, 0.25) is 0 Å². The Kier molecular flexibility index (Phi) is 3.47. The van der Waals surface area contributed by atoms with Crippen LogP contribution in [0.15, 0.2) is 17.3 Å². The predicted molar refractivity (Wildman–Crippen MR) is 97.3 cm³/mol. The molecule has 4 saturated carbocycles. The fourth-order valence-electron chi connectivity index (χ4n) is 6.17. The SMILES string of the molecule is Cc1cc(S(=O)(=O)NC23CC4CC(C2)CC(n2ncnn2)(C4)C3)c(C)s1. The van der Waals surface area contributed by atoms with Crippen LogP contribution < -0.4 is 4.72 Å². The quantitative estimate of drug-likeness (QED) is 0.861. The number of nitrogens with zero attached hydrogens (tertiary/aromatic N) is 4. The van der Waals surface area contributed by atoms with E-state index in [9.17, 15) is 8.42 Å². The van der Waals surface area contributed by atoms with Crippen LogP contribution in [0.1, 0.15) is 48.3 Å². The Hall–Kier alpha value is -1.32. The van der Waals surface area contributed by atoms with E-state index in [-0.39, 0.29) is 5.54 Å². The van der Waals surface area contributed by atoms with Crippen molar-refractivity contribution in [3.63, 3.8) is 0 Å². The average molecular weight is 394 g/mol. The fourth-order valence-corrected chi connectivity index (χ4v) is 9.14. The molecule has 2 aromatic heterocycles. The highest BCUT2D eigenvalue weighted by molar-refractivity contribution is 7.89. The molecule has 2 heterocycles. The molecule has 140 valence electrons. The first-order valence-corrected chi connectivity index (χ1v) is 11.4. The summed E-state index contributed by atoms with van der Waals surface area (Å²) >= 11 is 1.53. The molecule has 0 aromatic carbocycles. The molecular weight excluding hydrogens is 370 g/mol. The third-order valence-corrected chi connectivity index (χ3v) is 9.24. The van der Waals surface area contributed by atoms with E-state index in [0.717, 1.165) is 41.9 Å². The lowest BCUT2D eigenvalue weighted by atomic mass is 9.50. The van der Waals surface area contributed by atoms with Crippen molar-refractivity contribution in [1.82, 2.24) is 24.9 Å². The summed E-state index contributed by atoms with van der Waals surface area (Å²) in [6.45, 7) is 3.83. The van der Waals surface area contributed by atoms with Crippen molar-refractivity contribution in [1.29, 1.82) is 0 Å². The summed E-state index contributed by atoms with van der Waals surface area (Å²) < 4.78 is 29.5. The number of hydrogen-bond acceptors (Lipinski definition) is 6. The normalized spacial score (nSPS) is 35.9. The molecule has 2 aromatic rings. The van der Waals surface area contributed by atoms with E-state index < -0.39 is 15.6 Å². The van der Waals surface area contributed by atoms with Gasteiger partial charge in [0.1, 0.15) is 0 Å². The first kappa shape index (κ1) is 16.8. The van der Waals surface area contributed by atoms with Gasteiger partial charge >= 0.3 is 0 Å². The molecule has 9 heteroatoms. The topological polar surface area (TPSA) is 89.8 Å². The highest BCUT2D eigenvalue weighted by Gasteiger charge is 2.60. The highest BCUT2D eigenvalue weighted by Crippen LogP contribution is 2.60. The fraction of sp³-hybridized carbons (Fsp3) is 0.706. The van der Waals surface area contributed by atoms with Crippen LogP contribution >= 0.6 is 11.3 Å². The van der Waals surface area contributed by atoms with Gasteiger partial charge < -0.3 is 0 Å². The first-order chi connectivity index (χ1) is 12.3. The number of sulfonamides is 1. The second-order valence-electron chi connectivity index (χ2n) is 8.57. The van der Waals surface area contributed by atoms with Gasteiger partial charge in [0.15, 0.2) is 6.33 Å². The van der Waals surface area contributed by atoms with Gasteiger partial charge in [0.05, 0.1) is 10.4 Å². The lowest BCUT2D eigenvalue weighted by Crippen LogP contribution is -2.66. The minimum atomic E-state index is -3.53. The van der Waals surface area contributed by atoms with E-state index in [4.69, 9.17) is 0 Å². The van der Waals surface area contributed by atoms with Crippen molar-refractivity contribution in [2.45, 2.75) is 68.3 Å². The van der Waals surface area contributed by atoms with Crippen molar-refractivity contribution in [2.75, 3.05) is 0 Å². The van der Waals surface area contributed by atoms with Gasteiger partial charge in [-0.25, -0.2) is 13.1 Å². The summed E-state index contributed by atoms with van der Waals surface area (Å²) in [4.78, 5) is 4.07.